The van der Waals surface area contributed by atoms with E-state index in [0.29, 0.717) is 28.4 Å². The van der Waals surface area contributed by atoms with Crippen LogP contribution in [0.25, 0.3) is 0 Å². The number of hydrogen-bond donors (Lipinski definition) is 2. The highest BCUT2D eigenvalue weighted by Gasteiger charge is 2.07. The predicted molar refractivity (Wildman–Crippen MR) is 94.4 cm³/mol. The van der Waals surface area contributed by atoms with E-state index in [-0.39, 0.29) is 12.5 Å². The summed E-state index contributed by atoms with van der Waals surface area (Å²) >= 11 is 0. The molecule has 0 spiro atoms. The van der Waals surface area contributed by atoms with Crippen molar-refractivity contribution < 1.29 is 23.8 Å². The summed E-state index contributed by atoms with van der Waals surface area (Å²) in [4.78, 5) is 23.4. The number of hydrogen-bond acceptors (Lipinski definition) is 6. The molecule has 0 heterocycles. The molecule has 0 unspecified atom stereocenters. The summed E-state index contributed by atoms with van der Waals surface area (Å²) in [5.41, 5.74) is 1.73. The molecular weight excluding hydrogens is 324 g/mol. The number of carbonyl (C=O) groups excluding carboxylic acids is 2. The van der Waals surface area contributed by atoms with Gasteiger partial charge in [-0.25, -0.2) is 4.79 Å². The van der Waals surface area contributed by atoms with E-state index in [0.717, 1.165) is 0 Å². The highest BCUT2D eigenvalue weighted by atomic mass is 16.5. The number of methoxy groups -OCH3 is 3. The fourth-order valence-corrected chi connectivity index (χ4v) is 2.11. The molecule has 7 nitrogen and oxygen atoms in total. The van der Waals surface area contributed by atoms with Crippen LogP contribution in [0.5, 0.6) is 11.5 Å². The van der Waals surface area contributed by atoms with Crippen LogP contribution in [0.15, 0.2) is 42.5 Å². The molecule has 0 fully saturated rings. The molecule has 7 heteroatoms. The molecule has 0 aliphatic rings. The van der Waals surface area contributed by atoms with Gasteiger partial charge in [0.05, 0.1) is 33.4 Å². The molecule has 132 valence electrons. The van der Waals surface area contributed by atoms with E-state index in [4.69, 9.17) is 9.47 Å². The fourth-order valence-electron chi connectivity index (χ4n) is 2.11. The number of anilines is 2. The fraction of sp³-hybridized carbons (Fsp3) is 0.222. The second-order valence-electron chi connectivity index (χ2n) is 5.07. The van der Waals surface area contributed by atoms with Gasteiger partial charge in [0.25, 0.3) is 0 Å². The lowest BCUT2D eigenvalue weighted by Crippen LogP contribution is -2.21. The van der Waals surface area contributed by atoms with Crippen LogP contribution in [0.2, 0.25) is 0 Å². The molecule has 2 aromatic rings. The van der Waals surface area contributed by atoms with Crippen LogP contribution in [0, 0.1) is 0 Å². The van der Waals surface area contributed by atoms with Crippen molar-refractivity contribution in [2.45, 2.75) is 0 Å². The number of esters is 1. The number of carbonyl (C=O) groups is 2. The average molecular weight is 344 g/mol. The summed E-state index contributed by atoms with van der Waals surface area (Å²) in [6, 6.07) is 11.8. The first-order valence-corrected chi connectivity index (χ1v) is 7.51. The van der Waals surface area contributed by atoms with Crippen LogP contribution in [0.3, 0.4) is 0 Å². The zero-order valence-corrected chi connectivity index (χ0v) is 14.3. The Bertz CT molecular complexity index is 721. The molecule has 0 aromatic heterocycles. The Labute approximate surface area is 145 Å². The Balaban J connectivity index is 1.93. The molecule has 0 saturated carbocycles. The third-order valence-electron chi connectivity index (χ3n) is 3.39. The maximum absolute atomic E-state index is 12.1. The average Bonchev–Trinajstić information content (AvgIpc) is 2.65. The molecule has 0 aliphatic heterocycles. The third-order valence-corrected chi connectivity index (χ3v) is 3.39. The molecular formula is C18H20N2O5. The summed E-state index contributed by atoms with van der Waals surface area (Å²) in [5, 5.41) is 5.74. The molecule has 25 heavy (non-hydrogen) atoms. The number of ether oxygens (including phenoxy) is 3. The number of rotatable bonds is 7. The number of benzene rings is 2. The maximum Gasteiger partial charge on any atom is 0.337 e. The van der Waals surface area contributed by atoms with E-state index in [2.05, 4.69) is 15.4 Å². The van der Waals surface area contributed by atoms with Gasteiger partial charge in [0.1, 0.15) is 11.5 Å². The van der Waals surface area contributed by atoms with Crippen molar-refractivity contribution in [1.29, 1.82) is 0 Å². The van der Waals surface area contributed by atoms with E-state index >= 15 is 0 Å². The summed E-state index contributed by atoms with van der Waals surface area (Å²) in [5.74, 6) is 0.533. The van der Waals surface area contributed by atoms with Crippen LogP contribution in [0.4, 0.5) is 11.4 Å². The minimum Gasteiger partial charge on any atom is -0.497 e. The van der Waals surface area contributed by atoms with E-state index in [9.17, 15) is 9.59 Å². The zero-order chi connectivity index (χ0) is 18.2. The molecule has 2 rings (SSSR count). The van der Waals surface area contributed by atoms with Crippen molar-refractivity contribution in [2.75, 3.05) is 38.5 Å². The molecule has 0 bridgehead atoms. The second kappa shape index (κ2) is 8.58. The van der Waals surface area contributed by atoms with Crippen LogP contribution in [-0.4, -0.2) is 39.8 Å². The first kappa shape index (κ1) is 18.1. The molecule has 2 N–H and O–H groups in total. The summed E-state index contributed by atoms with van der Waals surface area (Å²) in [6.45, 7) is 0.0666. The smallest absolute Gasteiger partial charge is 0.337 e. The SMILES string of the molecule is COC(=O)c1ccc(NCC(=O)Nc2cc(OC)cc(OC)c2)cc1. The first-order chi connectivity index (χ1) is 12.0. The van der Waals surface area contributed by atoms with Gasteiger partial charge in [0, 0.05) is 29.6 Å². The normalized spacial score (nSPS) is 9.88. The zero-order valence-electron chi connectivity index (χ0n) is 14.3. The van der Waals surface area contributed by atoms with Crippen molar-refractivity contribution in [2.24, 2.45) is 0 Å². The Kier molecular flexibility index (Phi) is 6.22. The van der Waals surface area contributed by atoms with Crippen molar-refractivity contribution in [3.05, 3.63) is 48.0 Å². The third kappa shape index (κ3) is 5.13. The molecule has 1 amide bonds. The highest BCUT2D eigenvalue weighted by molar-refractivity contribution is 5.94. The topological polar surface area (TPSA) is 85.9 Å². The monoisotopic (exact) mass is 344 g/mol. The molecule has 0 saturated heterocycles. The van der Waals surface area contributed by atoms with Crippen LogP contribution >= 0.6 is 0 Å². The number of nitrogens with one attached hydrogen (secondary N) is 2. The Morgan fingerprint density at radius 3 is 2.00 bits per heavy atom. The van der Waals surface area contributed by atoms with Crippen molar-refractivity contribution in [3.8, 4) is 11.5 Å². The van der Waals surface area contributed by atoms with Crippen molar-refractivity contribution >= 4 is 23.3 Å². The molecule has 2 aromatic carbocycles. The van der Waals surface area contributed by atoms with E-state index in [1.807, 2.05) is 0 Å². The van der Waals surface area contributed by atoms with Gasteiger partial charge in [-0.15, -0.1) is 0 Å². The van der Waals surface area contributed by atoms with E-state index < -0.39 is 5.97 Å². The van der Waals surface area contributed by atoms with Gasteiger partial charge >= 0.3 is 5.97 Å². The highest BCUT2D eigenvalue weighted by Crippen LogP contribution is 2.25. The summed E-state index contributed by atoms with van der Waals surface area (Å²) in [6.07, 6.45) is 0. The van der Waals surface area contributed by atoms with Crippen molar-refractivity contribution in [3.63, 3.8) is 0 Å². The lowest BCUT2D eigenvalue weighted by molar-refractivity contribution is -0.114. The van der Waals surface area contributed by atoms with E-state index in [1.54, 1.807) is 56.7 Å². The lowest BCUT2D eigenvalue weighted by Gasteiger charge is -2.11. The standard InChI is InChI=1S/C18H20N2O5/c1-23-15-8-14(9-16(10-15)24-2)20-17(21)11-19-13-6-4-12(5-7-13)18(22)25-3/h4-10,19H,11H2,1-3H3,(H,20,21). The maximum atomic E-state index is 12.1. The van der Waals surface area contributed by atoms with Gasteiger partial charge in [-0.1, -0.05) is 0 Å². The lowest BCUT2D eigenvalue weighted by atomic mass is 10.2. The summed E-state index contributed by atoms with van der Waals surface area (Å²) in [7, 11) is 4.41. The molecule has 0 aliphatic carbocycles. The van der Waals surface area contributed by atoms with Gasteiger partial charge in [0.15, 0.2) is 0 Å². The predicted octanol–water partition coefficient (Wildman–Crippen LogP) is 2.54. The van der Waals surface area contributed by atoms with Gasteiger partial charge < -0.3 is 24.8 Å². The van der Waals surface area contributed by atoms with Crippen molar-refractivity contribution in [1.82, 2.24) is 0 Å². The van der Waals surface area contributed by atoms with E-state index in [1.165, 1.54) is 7.11 Å². The van der Waals surface area contributed by atoms with Gasteiger partial charge in [-0.2, -0.15) is 0 Å². The minimum atomic E-state index is -0.406. The molecule has 0 atom stereocenters. The van der Waals surface area contributed by atoms with Crippen LogP contribution in [-0.2, 0) is 9.53 Å². The first-order valence-electron chi connectivity index (χ1n) is 7.51. The Morgan fingerprint density at radius 2 is 1.48 bits per heavy atom. The summed E-state index contributed by atoms with van der Waals surface area (Å²) < 4.78 is 15.0. The van der Waals surface area contributed by atoms with Crippen LogP contribution in [0.1, 0.15) is 10.4 Å². The quantitative estimate of drug-likeness (QED) is 0.751. The second-order valence-corrected chi connectivity index (χ2v) is 5.07. The molecule has 0 radical (unpaired) electrons. The van der Waals surface area contributed by atoms with Gasteiger partial charge in [-0.3, -0.25) is 4.79 Å². The largest absolute Gasteiger partial charge is 0.497 e. The van der Waals surface area contributed by atoms with Gasteiger partial charge in [0.2, 0.25) is 5.91 Å². The van der Waals surface area contributed by atoms with Gasteiger partial charge in [-0.05, 0) is 24.3 Å². The minimum absolute atomic E-state index is 0.0666. The Morgan fingerprint density at radius 1 is 0.880 bits per heavy atom. The Hall–Kier alpha value is -3.22. The number of amides is 1. The van der Waals surface area contributed by atoms with Crippen LogP contribution < -0.4 is 20.1 Å².